The van der Waals surface area contributed by atoms with Crippen molar-refractivity contribution in [1.82, 2.24) is 4.90 Å². The van der Waals surface area contributed by atoms with E-state index in [4.69, 9.17) is 10.5 Å². The average molecular weight is 391 g/mol. The Balaban J connectivity index is 0.00000243. The van der Waals surface area contributed by atoms with Crippen molar-refractivity contribution in [2.24, 2.45) is 22.6 Å². The van der Waals surface area contributed by atoms with E-state index >= 15 is 0 Å². The minimum absolute atomic E-state index is 0. The molecule has 0 radical (unpaired) electrons. The number of carbonyl (C=O) groups excluding carboxylic acids is 2. The zero-order valence-corrected chi connectivity index (χ0v) is 17.9. The Morgan fingerprint density at radius 1 is 1.62 bits per heavy atom. The Kier molecular flexibility index (Phi) is 7.20. The van der Waals surface area contributed by atoms with Crippen LogP contribution in [-0.4, -0.2) is 64.9 Å². The number of β-lactam (4-membered cyclic amide) rings is 1. The number of aliphatic hydroxyl groups excluding tert-OH is 1. The largest absolute Gasteiger partial charge is 1.00 e. The molecular formula is C16H22N3NaO5S. The molecule has 0 aromatic heterocycles. The van der Waals surface area contributed by atoms with Crippen LogP contribution in [0.5, 0.6) is 0 Å². The molecule has 26 heavy (non-hydrogen) atoms. The molecule has 1 amide bonds. The van der Waals surface area contributed by atoms with Crippen LogP contribution in [0.25, 0.3) is 0 Å². The van der Waals surface area contributed by atoms with Gasteiger partial charge in [0.2, 0.25) is 5.91 Å². The Morgan fingerprint density at radius 3 is 2.88 bits per heavy atom. The zero-order chi connectivity index (χ0) is 18.3. The predicted octanol–water partition coefficient (Wildman–Crippen LogP) is -4.31. The van der Waals surface area contributed by atoms with Crippen molar-refractivity contribution in [3.8, 4) is 0 Å². The molecule has 6 atom stereocenters. The monoisotopic (exact) mass is 391 g/mol. The van der Waals surface area contributed by atoms with Crippen LogP contribution in [0.1, 0.15) is 20.3 Å². The van der Waals surface area contributed by atoms with Crippen LogP contribution in [0.15, 0.2) is 15.6 Å². The van der Waals surface area contributed by atoms with Gasteiger partial charge in [-0.3, -0.25) is 9.79 Å². The summed E-state index contributed by atoms with van der Waals surface area (Å²) in [6, 6.07) is -0.328. The van der Waals surface area contributed by atoms with Gasteiger partial charge in [-0.2, -0.15) is 0 Å². The summed E-state index contributed by atoms with van der Waals surface area (Å²) in [5, 5.41) is 21.6. The van der Waals surface area contributed by atoms with E-state index in [0.29, 0.717) is 18.1 Å². The number of aliphatic hydroxyl groups is 1. The molecule has 3 aliphatic rings. The summed E-state index contributed by atoms with van der Waals surface area (Å²) in [5.41, 5.74) is 5.23. The normalized spacial score (nSPS) is 34.7. The molecule has 0 aliphatic carbocycles. The first-order valence-corrected chi connectivity index (χ1v) is 9.21. The zero-order valence-electron chi connectivity index (χ0n) is 15.1. The van der Waals surface area contributed by atoms with Gasteiger partial charge in [0.1, 0.15) is 0 Å². The Morgan fingerprint density at radius 2 is 2.31 bits per heavy atom. The summed E-state index contributed by atoms with van der Waals surface area (Å²) < 4.78 is 5.66. The van der Waals surface area contributed by atoms with Crippen molar-refractivity contribution in [3.05, 3.63) is 10.6 Å². The molecule has 3 aliphatic heterocycles. The molecule has 0 saturated carbocycles. The SMILES string of the molecule is C[C@@H](O)[C@H]1C(=O)N2C(C(=O)[O-])=C(S[C@@H]3CCO[C@@H]3CN=CN)[C@H](C)[C@H]12.[Na+]. The molecule has 138 valence electrons. The molecule has 3 N–H and O–H groups in total. The number of thioether (sulfide) groups is 1. The van der Waals surface area contributed by atoms with Crippen LogP contribution in [0, 0.1) is 11.8 Å². The maximum atomic E-state index is 12.3. The van der Waals surface area contributed by atoms with E-state index in [9.17, 15) is 19.8 Å². The first-order valence-electron chi connectivity index (χ1n) is 8.33. The maximum absolute atomic E-state index is 12.3. The second-order valence-electron chi connectivity index (χ2n) is 6.62. The van der Waals surface area contributed by atoms with Gasteiger partial charge in [0.15, 0.2) is 0 Å². The molecule has 0 spiro atoms. The number of rotatable bonds is 6. The second kappa shape index (κ2) is 8.62. The van der Waals surface area contributed by atoms with E-state index < -0.39 is 18.0 Å². The van der Waals surface area contributed by atoms with Crippen molar-refractivity contribution in [2.45, 2.75) is 43.8 Å². The number of carboxylic acids is 1. The fraction of sp³-hybridized carbons (Fsp3) is 0.688. The molecule has 3 rings (SSSR count). The fourth-order valence-electron chi connectivity index (χ4n) is 3.93. The van der Waals surface area contributed by atoms with Crippen molar-refractivity contribution >= 4 is 30.0 Å². The number of aliphatic carboxylic acids is 1. The smallest absolute Gasteiger partial charge is 0.543 e. The van der Waals surface area contributed by atoms with Crippen molar-refractivity contribution in [3.63, 3.8) is 0 Å². The first-order chi connectivity index (χ1) is 11.9. The number of amides is 1. The van der Waals surface area contributed by atoms with Crippen LogP contribution < -0.4 is 40.4 Å². The van der Waals surface area contributed by atoms with Crippen LogP contribution in [0.2, 0.25) is 0 Å². The third-order valence-electron chi connectivity index (χ3n) is 5.12. The number of aliphatic imine (C=N–C) groups is 1. The molecule has 3 heterocycles. The van der Waals surface area contributed by atoms with Crippen molar-refractivity contribution in [2.75, 3.05) is 13.2 Å². The van der Waals surface area contributed by atoms with Gasteiger partial charge in [-0.05, 0) is 13.3 Å². The third kappa shape index (κ3) is 3.57. The summed E-state index contributed by atoms with van der Waals surface area (Å²) in [6.07, 6.45) is 1.03. The Labute approximate surface area is 178 Å². The molecule has 2 saturated heterocycles. The quantitative estimate of drug-likeness (QED) is 0.203. The molecule has 2 fully saturated rings. The summed E-state index contributed by atoms with van der Waals surface area (Å²) in [5.74, 6) is -2.45. The number of hydrogen-bond acceptors (Lipinski definition) is 7. The minimum atomic E-state index is -1.36. The summed E-state index contributed by atoms with van der Waals surface area (Å²) in [7, 11) is 0. The molecule has 0 bridgehead atoms. The van der Waals surface area contributed by atoms with Gasteiger partial charge in [0.25, 0.3) is 0 Å². The van der Waals surface area contributed by atoms with Crippen LogP contribution in [0.4, 0.5) is 0 Å². The average Bonchev–Trinajstić information content (AvgIpc) is 3.07. The van der Waals surface area contributed by atoms with Crippen LogP contribution in [0.3, 0.4) is 0 Å². The van der Waals surface area contributed by atoms with Gasteiger partial charge in [0.05, 0.1) is 48.7 Å². The van der Waals surface area contributed by atoms with Gasteiger partial charge >= 0.3 is 29.6 Å². The molecular weight excluding hydrogens is 369 g/mol. The minimum Gasteiger partial charge on any atom is -0.543 e. The number of carbonyl (C=O) groups is 2. The van der Waals surface area contributed by atoms with Gasteiger partial charge in [-0.15, -0.1) is 11.8 Å². The maximum Gasteiger partial charge on any atom is 1.00 e. The molecule has 0 aromatic rings. The number of nitrogens with zero attached hydrogens (tertiary/aromatic N) is 2. The standard InChI is InChI=1S/C16H23N3O5S.Na/c1-7-12-11(8(2)20)15(21)19(12)13(16(22)23)14(7)25-10-3-4-24-9(10)5-18-6-17;/h6-12,20H,3-5H2,1-2H3,(H2,17,18)(H,22,23);/q;+1/p-1/t7-,8-,9-,10-,11-,12-;/m1./s1. The topological polar surface area (TPSA) is 128 Å². The number of hydrogen-bond donors (Lipinski definition) is 2. The second-order valence-corrected chi connectivity index (χ2v) is 7.90. The third-order valence-corrected chi connectivity index (χ3v) is 6.78. The van der Waals surface area contributed by atoms with E-state index in [1.54, 1.807) is 6.92 Å². The number of ether oxygens (including phenoxy) is 1. The van der Waals surface area contributed by atoms with E-state index in [1.807, 2.05) is 6.92 Å². The van der Waals surface area contributed by atoms with Crippen molar-refractivity contribution in [1.29, 1.82) is 0 Å². The first kappa shape index (κ1) is 21.7. The molecule has 10 heteroatoms. The van der Waals surface area contributed by atoms with Gasteiger partial charge in [0, 0.05) is 22.7 Å². The summed E-state index contributed by atoms with van der Waals surface area (Å²) in [6.45, 7) is 4.44. The van der Waals surface area contributed by atoms with Crippen LogP contribution in [-0.2, 0) is 14.3 Å². The predicted molar refractivity (Wildman–Crippen MR) is 90.3 cm³/mol. The Bertz CT molecular complexity index is 641. The molecule has 0 aromatic carbocycles. The van der Waals surface area contributed by atoms with Crippen molar-refractivity contribution < 1.29 is 54.1 Å². The summed E-state index contributed by atoms with van der Waals surface area (Å²) in [4.78, 5) is 29.9. The van der Waals surface area contributed by atoms with Gasteiger partial charge in [-0.25, -0.2) is 0 Å². The fourth-order valence-corrected chi connectivity index (χ4v) is 5.43. The Hall–Kier alpha value is -0.580. The van der Waals surface area contributed by atoms with Gasteiger partial charge < -0.3 is 30.4 Å². The molecule has 0 unspecified atom stereocenters. The summed E-state index contributed by atoms with van der Waals surface area (Å²) >= 11 is 1.42. The number of nitrogens with two attached hydrogens (primary N) is 1. The van der Waals surface area contributed by atoms with E-state index in [1.165, 1.54) is 23.0 Å². The van der Waals surface area contributed by atoms with E-state index in [2.05, 4.69) is 4.99 Å². The number of fused-ring (bicyclic) bond motifs is 1. The number of carboxylic acid groups (broad SMARTS) is 1. The van der Waals surface area contributed by atoms with E-state index in [-0.39, 0.29) is 64.5 Å². The van der Waals surface area contributed by atoms with E-state index in [0.717, 1.165) is 6.42 Å². The molecule has 8 nitrogen and oxygen atoms in total. The van der Waals surface area contributed by atoms with Crippen LogP contribution >= 0.6 is 11.8 Å². The van der Waals surface area contributed by atoms with Gasteiger partial charge in [-0.1, -0.05) is 6.92 Å².